The SMILES string of the molecule is COCC=C1C[C@H]2CC[C@H](C1)N2C[C@@H](C)Cn1nc2c3c(cccc31)OC(=O)C(=O)O2. The van der Waals surface area contributed by atoms with Crippen molar-refractivity contribution in [1.29, 1.82) is 0 Å². The Kier molecular flexibility index (Phi) is 5.27. The molecule has 1 aromatic heterocycles. The Hall–Kier alpha value is -2.71. The normalized spacial score (nSPS) is 24.1. The third kappa shape index (κ3) is 3.74. The van der Waals surface area contributed by atoms with Crippen LogP contribution in [-0.2, 0) is 20.9 Å². The second-order valence-corrected chi connectivity index (χ2v) is 8.83. The number of rotatable bonds is 6. The molecule has 164 valence electrons. The molecule has 5 rings (SSSR count). The summed E-state index contributed by atoms with van der Waals surface area (Å²) in [5.74, 6) is -1.26. The first-order chi connectivity index (χ1) is 15.0. The average Bonchev–Trinajstić information content (AvgIpc) is 3.14. The van der Waals surface area contributed by atoms with Crippen molar-refractivity contribution >= 4 is 22.8 Å². The van der Waals surface area contributed by atoms with Crippen LogP contribution in [-0.4, -0.2) is 59.0 Å². The van der Waals surface area contributed by atoms with Crippen LogP contribution in [0.15, 0.2) is 29.8 Å². The quantitative estimate of drug-likeness (QED) is 0.305. The minimum atomic E-state index is -1.04. The van der Waals surface area contributed by atoms with Gasteiger partial charge in [-0.15, -0.1) is 5.10 Å². The Balaban J connectivity index is 1.32. The lowest BCUT2D eigenvalue weighted by Gasteiger charge is -2.37. The van der Waals surface area contributed by atoms with Crippen LogP contribution in [0.4, 0.5) is 0 Å². The molecule has 3 aliphatic heterocycles. The van der Waals surface area contributed by atoms with Gasteiger partial charge in [-0.1, -0.05) is 24.6 Å². The maximum absolute atomic E-state index is 11.8. The van der Waals surface area contributed by atoms with E-state index in [2.05, 4.69) is 23.0 Å². The molecule has 0 aliphatic carbocycles. The third-order valence-corrected chi connectivity index (χ3v) is 6.58. The van der Waals surface area contributed by atoms with Crippen LogP contribution >= 0.6 is 0 Å². The molecule has 2 aromatic rings. The highest BCUT2D eigenvalue weighted by molar-refractivity contribution is 6.32. The highest BCUT2D eigenvalue weighted by atomic mass is 16.6. The molecule has 0 spiro atoms. The van der Waals surface area contributed by atoms with Crippen LogP contribution < -0.4 is 9.47 Å². The zero-order valence-electron chi connectivity index (χ0n) is 17.9. The van der Waals surface area contributed by atoms with Gasteiger partial charge in [0.05, 0.1) is 12.1 Å². The van der Waals surface area contributed by atoms with E-state index in [-0.39, 0.29) is 5.88 Å². The number of piperidine rings is 1. The second-order valence-electron chi connectivity index (χ2n) is 8.83. The topological polar surface area (TPSA) is 82.9 Å². The summed E-state index contributed by atoms with van der Waals surface area (Å²) in [6, 6.07) is 6.57. The fraction of sp³-hybridized carbons (Fsp3) is 0.522. The lowest BCUT2D eigenvalue weighted by atomic mass is 9.95. The van der Waals surface area contributed by atoms with Crippen LogP contribution in [0.2, 0.25) is 0 Å². The van der Waals surface area contributed by atoms with Crippen LogP contribution in [0.1, 0.15) is 32.6 Å². The summed E-state index contributed by atoms with van der Waals surface area (Å²) in [6.45, 7) is 4.61. The summed E-state index contributed by atoms with van der Waals surface area (Å²) in [4.78, 5) is 26.2. The Labute approximate surface area is 180 Å². The van der Waals surface area contributed by atoms with Crippen LogP contribution in [0.25, 0.3) is 10.9 Å². The third-order valence-electron chi connectivity index (χ3n) is 6.58. The van der Waals surface area contributed by atoms with Crippen molar-refractivity contribution in [2.45, 2.75) is 51.2 Å². The number of esters is 2. The molecule has 2 fully saturated rings. The first-order valence-corrected chi connectivity index (χ1v) is 10.9. The molecule has 2 bridgehead atoms. The molecule has 0 saturated carbocycles. The van der Waals surface area contributed by atoms with Crippen molar-refractivity contribution in [2.75, 3.05) is 20.3 Å². The van der Waals surface area contributed by atoms with E-state index in [1.807, 2.05) is 10.7 Å². The summed E-state index contributed by atoms with van der Waals surface area (Å²) in [7, 11) is 1.74. The lowest BCUT2D eigenvalue weighted by molar-refractivity contribution is -0.155. The molecule has 3 aliphatic rings. The molecule has 1 aromatic carbocycles. The Bertz CT molecular complexity index is 1040. The van der Waals surface area contributed by atoms with E-state index in [4.69, 9.17) is 14.2 Å². The number of fused-ring (bicyclic) bond motifs is 2. The predicted octanol–water partition coefficient (Wildman–Crippen LogP) is 2.70. The standard InChI is InChI=1S/C23H27N3O5/c1-14(12-25-16-6-7-17(25)11-15(10-16)8-9-29-2)13-26-18-4-3-5-19-20(18)21(24-26)31-23(28)22(27)30-19/h3-5,8,14,16-17H,6-7,9-13H2,1-2H3/t14-,16-,17-/m1/s1. The molecular formula is C23H27N3O5. The maximum Gasteiger partial charge on any atom is 0.424 e. The van der Waals surface area contributed by atoms with E-state index in [1.54, 1.807) is 19.2 Å². The first-order valence-electron chi connectivity index (χ1n) is 10.9. The molecule has 0 amide bonds. The number of hydrogen-bond acceptors (Lipinski definition) is 7. The molecule has 8 nitrogen and oxygen atoms in total. The molecule has 31 heavy (non-hydrogen) atoms. The zero-order valence-corrected chi connectivity index (χ0v) is 17.9. The van der Waals surface area contributed by atoms with E-state index >= 15 is 0 Å². The fourth-order valence-electron chi connectivity index (χ4n) is 5.25. The van der Waals surface area contributed by atoms with E-state index in [0.717, 1.165) is 24.9 Å². The number of methoxy groups -OCH3 is 1. The van der Waals surface area contributed by atoms with Gasteiger partial charge in [-0.05, 0) is 43.7 Å². The minimum absolute atomic E-state index is 0.139. The average molecular weight is 425 g/mol. The van der Waals surface area contributed by atoms with Crippen LogP contribution in [0, 0.1) is 5.92 Å². The van der Waals surface area contributed by atoms with E-state index in [9.17, 15) is 9.59 Å². The smallest absolute Gasteiger partial charge is 0.417 e. The molecule has 8 heteroatoms. The number of nitrogens with zero attached hydrogens (tertiary/aromatic N) is 3. The van der Waals surface area contributed by atoms with E-state index < -0.39 is 11.9 Å². The van der Waals surface area contributed by atoms with Gasteiger partial charge >= 0.3 is 11.9 Å². The first kappa shape index (κ1) is 20.2. The molecule has 3 atom stereocenters. The molecule has 2 saturated heterocycles. The van der Waals surface area contributed by atoms with Gasteiger partial charge < -0.3 is 14.2 Å². The molecular weight excluding hydrogens is 398 g/mol. The zero-order chi connectivity index (χ0) is 21.5. The summed E-state index contributed by atoms with van der Waals surface area (Å²) in [5, 5.41) is 5.07. The van der Waals surface area contributed by atoms with Crippen molar-refractivity contribution in [2.24, 2.45) is 5.92 Å². The Morgan fingerprint density at radius 1 is 1.16 bits per heavy atom. The Morgan fingerprint density at radius 2 is 1.90 bits per heavy atom. The minimum Gasteiger partial charge on any atom is -0.417 e. The maximum atomic E-state index is 11.8. The van der Waals surface area contributed by atoms with Crippen molar-refractivity contribution in [3.05, 3.63) is 29.8 Å². The van der Waals surface area contributed by atoms with Crippen LogP contribution in [0.3, 0.4) is 0 Å². The number of hydrogen-bond donors (Lipinski definition) is 0. The van der Waals surface area contributed by atoms with Crippen molar-refractivity contribution in [3.63, 3.8) is 0 Å². The van der Waals surface area contributed by atoms with Gasteiger partial charge in [0.25, 0.3) is 5.88 Å². The molecule has 0 unspecified atom stereocenters. The van der Waals surface area contributed by atoms with Crippen molar-refractivity contribution in [1.82, 2.24) is 14.7 Å². The monoisotopic (exact) mass is 425 g/mol. The van der Waals surface area contributed by atoms with Crippen LogP contribution in [0.5, 0.6) is 11.6 Å². The second kappa shape index (κ2) is 8.09. The number of ether oxygens (including phenoxy) is 3. The largest absolute Gasteiger partial charge is 0.424 e. The Morgan fingerprint density at radius 3 is 2.65 bits per heavy atom. The van der Waals surface area contributed by atoms with E-state index in [0.29, 0.717) is 42.3 Å². The predicted molar refractivity (Wildman–Crippen MR) is 113 cm³/mol. The molecule has 4 heterocycles. The fourth-order valence-corrected chi connectivity index (χ4v) is 5.25. The summed E-state index contributed by atoms with van der Waals surface area (Å²) < 4.78 is 17.4. The van der Waals surface area contributed by atoms with Crippen molar-refractivity contribution in [3.8, 4) is 11.6 Å². The van der Waals surface area contributed by atoms with Gasteiger partial charge in [-0.2, -0.15) is 0 Å². The molecule has 0 radical (unpaired) electrons. The van der Waals surface area contributed by atoms with Gasteiger partial charge in [-0.25, -0.2) is 9.59 Å². The lowest BCUT2D eigenvalue weighted by Crippen LogP contribution is -2.43. The molecule has 0 N–H and O–H groups in total. The highest BCUT2D eigenvalue weighted by Gasteiger charge is 2.39. The number of benzene rings is 1. The highest BCUT2D eigenvalue weighted by Crippen LogP contribution is 2.39. The van der Waals surface area contributed by atoms with Crippen molar-refractivity contribution < 1.29 is 23.8 Å². The van der Waals surface area contributed by atoms with Gasteiger partial charge in [-0.3, -0.25) is 9.58 Å². The summed E-state index contributed by atoms with van der Waals surface area (Å²) >= 11 is 0. The van der Waals surface area contributed by atoms with E-state index in [1.165, 1.54) is 18.4 Å². The van der Waals surface area contributed by atoms with Gasteiger partial charge in [0, 0.05) is 32.3 Å². The number of aromatic nitrogens is 2. The number of carbonyl (C=O) groups excluding carboxylic acids is 2. The van der Waals surface area contributed by atoms with Gasteiger partial charge in [0.2, 0.25) is 0 Å². The summed E-state index contributed by atoms with van der Waals surface area (Å²) in [6.07, 6.45) is 7.01. The van der Waals surface area contributed by atoms with Gasteiger partial charge in [0.1, 0.15) is 11.1 Å². The number of carbonyl (C=O) groups is 2. The van der Waals surface area contributed by atoms with Gasteiger partial charge in [0.15, 0.2) is 0 Å². The summed E-state index contributed by atoms with van der Waals surface area (Å²) in [5.41, 5.74) is 2.33.